The Balaban J connectivity index is 2.31. The number of nitrogens with one attached hydrogen (secondary N) is 1. The molecule has 0 amide bonds. The van der Waals surface area contributed by atoms with Crippen LogP contribution in [0.4, 0.5) is 0 Å². The molecule has 0 spiro atoms. The Morgan fingerprint density at radius 2 is 2.30 bits per heavy atom. The lowest BCUT2D eigenvalue weighted by Crippen LogP contribution is -2.24. The van der Waals surface area contributed by atoms with Crippen LogP contribution in [-0.2, 0) is 19.5 Å². The van der Waals surface area contributed by atoms with Crippen molar-refractivity contribution in [2.45, 2.75) is 38.4 Å². The van der Waals surface area contributed by atoms with Gasteiger partial charge >= 0.3 is 0 Å². The summed E-state index contributed by atoms with van der Waals surface area (Å²) in [5, 5.41) is 5.70. The molecular formula is C15H21N3OS. The van der Waals surface area contributed by atoms with E-state index in [2.05, 4.69) is 29.8 Å². The molecule has 1 aliphatic rings. The van der Waals surface area contributed by atoms with E-state index in [0.29, 0.717) is 0 Å². The summed E-state index contributed by atoms with van der Waals surface area (Å²) in [7, 11) is 1.75. The summed E-state index contributed by atoms with van der Waals surface area (Å²) in [6, 6.07) is 2.07. The van der Waals surface area contributed by atoms with Crippen LogP contribution in [0.15, 0.2) is 11.1 Å². The third-order valence-electron chi connectivity index (χ3n) is 3.84. The number of hydrogen-bond donors (Lipinski definition) is 1. The summed E-state index contributed by atoms with van der Waals surface area (Å²) < 4.78 is 8.00. The molecular weight excluding hydrogens is 270 g/mol. The molecule has 4 nitrogen and oxygen atoms in total. The van der Waals surface area contributed by atoms with Crippen LogP contribution in [0.1, 0.15) is 25.1 Å². The first-order valence-corrected chi connectivity index (χ1v) is 8.21. The van der Waals surface area contributed by atoms with Gasteiger partial charge in [0.15, 0.2) is 0 Å². The highest BCUT2D eigenvalue weighted by Gasteiger charge is 2.23. The second-order valence-corrected chi connectivity index (χ2v) is 6.17. The Bertz CT molecular complexity index is 636. The van der Waals surface area contributed by atoms with Crippen LogP contribution in [0.2, 0.25) is 0 Å². The van der Waals surface area contributed by atoms with Gasteiger partial charge in [0, 0.05) is 43.4 Å². The number of nitrogens with zero attached hydrogens (tertiary/aromatic N) is 2. The molecule has 0 fully saturated rings. The highest BCUT2D eigenvalue weighted by Crippen LogP contribution is 2.36. The number of rotatable bonds is 4. The largest absolute Gasteiger partial charge is 0.496 e. The van der Waals surface area contributed by atoms with E-state index in [0.717, 1.165) is 48.2 Å². The second kappa shape index (κ2) is 5.66. The summed E-state index contributed by atoms with van der Waals surface area (Å²) >= 11 is 1.76. The maximum atomic E-state index is 5.64. The maximum absolute atomic E-state index is 5.64. The van der Waals surface area contributed by atoms with Gasteiger partial charge in [-0.25, -0.2) is 4.98 Å². The summed E-state index contributed by atoms with van der Waals surface area (Å²) in [5.74, 6) is 1.98. The number of pyridine rings is 1. The molecule has 3 heterocycles. The van der Waals surface area contributed by atoms with Gasteiger partial charge in [0.1, 0.15) is 16.4 Å². The van der Waals surface area contributed by atoms with Crippen molar-refractivity contribution >= 4 is 22.8 Å². The second-order valence-electron chi connectivity index (χ2n) is 4.89. The first kappa shape index (κ1) is 13.8. The molecule has 0 aromatic carbocycles. The highest BCUT2D eigenvalue weighted by atomic mass is 32.2. The van der Waals surface area contributed by atoms with E-state index >= 15 is 0 Å². The third kappa shape index (κ3) is 2.09. The standard InChI is InChI=1S/C15H21N3OS/c1-4-18-11-6-7-16-9-10(11)14-12(19-3)8-13(20-5-2)17-15(14)18/h8,16H,4-7,9H2,1-3H3. The molecule has 5 heteroatoms. The number of methoxy groups -OCH3 is 1. The highest BCUT2D eigenvalue weighted by molar-refractivity contribution is 7.99. The monoisotopic (exact) mass is 291 g/mol. The fourth-order valence-corrected chi connectivity index (χ4v) is 3.66. The predicted octanol–water partition coefficient (Wildman–Crippen LogP) is 2.82. The van der Waals surface area contributed by atoms with Crippen molar-refractivity contribution in [2.75, 3.05) is 19.4 Å². The molecule has 2 aromatic heterocycles. The van der Waals surface area contributed by atoms with Gasteiger partial charge in [0.05, 0.1) is 12.5 Å². The zero-order valence-corrected chi connectivity index (χ0v) is 13.1. The smallest absolute Gasteiger partial charge is 0.145 e. The fourth-order valence-electron chi connectivity index (χ4n) is 3.02. The van der Waals surface area contributed by atoms with Crippen molar-refractivity contribution in [1.29, 1.82) is 0 Å². The van der Waals surface area contributed by atoms with Crippen LogP contribution < -0.4 is 10.1 Å². The van der Waals surface area contributed by atoms with E-state index in [-0.39, 0.29) is 0 Å². The Morgan fingerprint density at radius 1 is 1.45 bits per heavy atom. The Hall–Kier alpha value is -1.20. The van der Waals surface area contributed by atoms with Gasteiger partial charge in [0.25, 0.3) is 0 Å². The van der Waals surface area contributed by atoms with E-state index in [4.69, 9.17) is 9.72 Å². The Kier molecular flexibility index (Phi) is 3.89. The third-order valence-corrected chi connectivity index (χ3v) is 4.63. The van der Waals surface area contributed by atoms with Crippen LogP contribution in [-0.4, -0.2) is 29.0 Å². The average Bonchev–Trinajstić information content (AvgIpc) is 2.80. The zero-order valence-electron chi connectivity index (χ0n) is 12.3. The quantitative estimate of drug-likeness (QED) is 0.879. The topological polar surface area (TPSA) is 39.1 Å². The number of thioether (sulfide) groups is 1. The molecule has 0 unspecified atom stereocenters. The molecule has 0 saturated heterocycles. The van der Waals surface area contributed by atoms with E-state index in [9.17, 15) is 0 Å². The first-order chi connectivity index (χ1) is 9.80. The van der Waals surface area contributed by atoms with Crippen molar-refractivity contribution in [3.05, 3.63) is 17.3 Å². The van der Waals surface area contributed by atoms with Gasteiger partial charge in [-0.2, -0.15) is 0 Å². The first-order valence-electron chi connectivity index (χ1n) is 7.22. The van der Waals surface area contributed by atoms with Crippen LogP contribution >= 0.6 is 11.8 Å². The van der Waals surface area contributed by atoms with Crippen LogP contribution in [0.3, 0.4) is 0 Å². The summed E-state index contributed by atoms with van der Waals surface area (Å²) in [5.41, 5.74) is 3.87. The summed E-state index contributed by atoms with van der Waals surface area (Å²) in [4.78, 5) is 4.87. The van der Waals surface area contributed by atoms with Gasteiger partial charge in [-0.3, -0.25) is 0 Å². The zero-order chi connectivity index (χ0) is 14.1. The minimum Gasteiger partial charge on any atom is -0.496 e. The van der Waals surface area contributed by atoms with E-state index in [1.165, 1.54) is 16.6 Å². The van der Waals surface area contributed by atoms with E-state index in [1.54, 1.807) is 18.9 Å². The van der Waals surface area contributed by atoms with Crippen LogP contribution in [0.25, 0.3) is 11.0 Å². The van der Waals surface area contributed by atoms with Gasteiger partial charge in [-0.05, 0) is 12.7 Å². The van der Waals surface area contributed by atoms with Gasteiger partial charge in [-0.1, -0.05) is 6.92 Å². The number of aromatic nitrogens is 2. The molecule has 0 saturated carbocycles. The molecule has 0 atom stereocenters. The van der Waals surface area contributed by atoms with Crippen molar-refractivity contribution in [2.24, 2.45) is 0 Å². The lowest BCUT2D eigenvalue weighted by atomic mass is 10.1. The molecule has 108 valence electrons. The van der Waals surface area contributed by atoms with E-state index < -0.39 is 0 Å². The molecule has 0 bridgehead atoms. The lowest BCUT2D eigenvalue weighted by molar-refractivity contribution is 0.417. The Labute approximate surface area is 123 Å². The van der Waals surface area contributed by atoms with Gasteiger partial charge < -0.3 is 14.6 Å². The SMILES string of the molecule is CCSc1cc(OC)c2c3c(n(CC)c2n1)CCNC3. The van der Waals surface area contributed by atoms with Gasteiger partial charge in [0.2, 0.25) is 0 Å². The summed E-state index contributed by atoms with van der Waals surface area (Å²) in [6.45, 7) is 7.26. The van der Waals surface area contributed by atoms with Crippen LogP contribution in [0.5, 0.6) is 5.75 Å². The molecule has 1 aliphatic heterocycles. The number of aryl methyl sites for hydroxylation is 1. The van der Waals surface area contributed by atoms with Crippen LogP contribution in [0, 0.1) is 0 Å². The predicted molar refractivity (Wildman–Crippen MR) is 83.8 cm³/mol. The number of hydrogen-bond acceptors (Lipinski definition) is 4. The van der Waals surface area contributed by atoms with Gasteiger partial charge in [-0.15, -0.1) is 11.8 Å². The molecule has 3 rings (SSSR count). The molecule has 2 aromatic rings. The van der Waals surface area contributed by atoms with Crippen molar-refractivity contribution < 1.29 is 4.74 Å². The van der Waals surface area contributed by atoms with Crippen molar-refractivity contribution in [3.8, 4) is 5.75 Å². The number of ether oxygens (including phenoxy) is 1. The fraction of sp³-hybridized carbons (Fsp3) is 0.533. The lowest BCUT2D eigenvalue weighted by Gasteiger charge is -2.15. The Morgan fingerprint density at radius 3 is 3.00 bits per heavy atom. The summed E-state index contributed by atoms with van der Waals surface area (Å²) in [6.07, 6.45) is 1.07. The van der Waals surface area contributed by atoms with E-state index in [1.807, 2.05) is 0 Å². The molecule has 1 N–H and O–H groups in total. The number of fused-ring (bicyclic) bond motifs is 3. The normalized spacial score (nSPS) is 14.6. The molecule has 0 aliphatic carbocycles. The minimum absolute atomic E-state index is 0.914. The van der Waals surface area contributed by atoms with Crippen molar-refractivity contribution in [1.82, 2.24) is 14.9 Å². The minimum atomic E-state index is 0.914. The average molecular weight is 291 g/mol. The molecule has 0 radical (unpaired) electrons. The van der Waals surface area contributed by atoms with Crippen molar-refractivity contribution in [3.63, 3.8) is 0 Å². The maximum Gasteiger partial charge on any atom is 0.145 e. The molecule has 20 heavy (non-hydrogen) atoms.